The second-order valence-corrected chi connectivity index (χ2v) is 6.82. The van der Waals surface area contributed by atoms with Crippen LogP contribution in [-0.4, -0.2) is 21.9 Å². The molecule has 0 aliphatic heterocycles. The molecule has 1 aromatic carbocycles. The van der Waals surface area contributed by atoms with E-state index in [2.05, 4.69) is 43.3 Å². The maximum absolute atomic E-state index is 12.3. The van der Waals surface area contributed by atoms with Crippen LogP contribution in [0.25, 0.3) is 0 Å². The highest BCUT2D eigenvalue weighted by Crippen LogP contribution is 2.32. The Morgan fingerprint density at radius 2 is 1.71 bits per heavy atom. The lowest BCUT2D eigenvalue weighted by Crippen LogP contribution is -2.39. The Bertz CT molecular complexity index is 836. The van der Waals surface area contributed by atoms with Gasteiger partial charge >= 0.3 is 5.69 Å². The highest BCUT2D eigenvalue weighted by atomic mass is 79.9. The third kappa shape index (κ3) is 3.67. The molecular weight excluding hydrogens is 374 g/mol. The molecule has 1 heterocycles. The summed E-state index contributed by atoms with van der Waals surface area (Å²) in [7, 11) is 0. The molecule has 3 rings (SSSR count). The summed E-state index contributed by atoms with van der Waals surface area (Å²) in [6, 6.07) is 10.4. The zero-order valence-electron chi connectivity index (χ0n) is 13.0. The number of carbonyl (C=O) groups excluding carboxylic acids is 1. The molecule has 0 radical (unpaired) electrons. The molecule has 24 heavy (non-hydrogen) atoms. The Labute approximate surface area is 146 Å². The Balaban J connectivity index is 1.63. The fourth-order valence-corrected chi connectivity index (χ4v) is 3.56. The smallest absolute Gasteiger partial charge is 0.326 e. The van der Waals surface area contributed by atoms with Crippen molar-refractivity contribution < 1.29 is 4.79 Å². The highest BCUT2D eigenvalue weighted by molar-refractivity contribution is 9.10. The highest BCUT2D eigenvalue weighted by Gasteiger charge is 2.25. The predicted molar refractivity (Wildman–Crippen MR) is 94.3 cm³/mol. The van der Waals surface area contributed by atoms with Crippen molar-refractivity contribution in [3.63, 3.8) is 0 Å². The van der Waals surface area contributed by atoms with E-state index in [4.69, 9.17) is 0 Å². The molecule has 2 aromatic rings. The van der Waals surface area contributed by atoms with Gasteiger partial charge in [0, 0.05) is 6.04 Å². The summed E-state index contributed by atoms with van der Waals surface area (Å²) in [6.45, 7) is 0. The van der Waals surface area contributed by atoms with Gasteiger partial charge < -0.3 is 10.3 Å². The fourth-order valence-electron chi connectivity index (χ4n) is 3.18. The van der Waals surface area contributed by atoms with Crippen molar-refractivity contribution in [3.05, 3.63) is 66.9 Å². The van der Waals surface area contributed by atoms with Crippen molar-refractivity contribution in [1.82, 2.24) is 15.3 Å². The molecule has 0 spiro atoms. The maximum atomic E-state index is 12.3. The third-order valence-corrected chi connectivity index (χ3v) is 5.20. The van der Waals surface area contributed by atoms with Gasteiger partial charge in [0.15, 0.2) is 0 Å². The van der Waals surface area contributed by atoms with Gasteiger partial charge in [0.2, 0.25) is 0 Å². The van der Waals surface area contributed by atoms with Crippen LogP contribution in [0, 0.1) is 0 Å². The maximum Gasteiger partial charge on any atom is 0.326 e. The quantitative estimate of drug-likeness (QED) is 0.748. The molecule has 1 amide bonds. The summed E-state index contributed by atoms with van der Waals surface area (Å²) in [5, 5.41) is 2.91. The summed E-state index contributed by atoms with van der Waals surface area (Å²) in [5.41, 5.74) is -0.00398. The minimum absolute atomic E-state index is 0.0334. The molecule has 3 N–H and O–H groups in total. The number of amides is 1. The summed E-state index contributed by atoms with van der Waals surface area (Å²) >= 11 is 3.05. The van der Waals surface area contributed by atoms with Gasteiger partial charge in [-0.1, -0.05) is 30.3 Å². The molecule has 1 aliphatic rings. The van der Waals surface area contributed by atoms with Crippen LogP contribution in [0.5, 0.6) is 0 Å². The zero-order valence-corrected chi connectivity index (χ0v) is 14.6. The molecule has 0 saturated heterocycles. The van der Waals surface area contributed by atoms with Gasteiger partial charge in [0.1, 0.15) is 10.2 Å². The van der Waals surface area contributed by atoms with E-state index in [9.17, 15) is 14.4 Å². The normalized spacial score (nSPS) is 20.5. The molecule has 1 fully saturated rings. The van der Waals surface area contributed by atoms with Crippen molar-refractivity contribution in [1.29, 1.82) is 0 Å². The first kappa shape index (κ1) is 16.7. The Hall–Kier alpha value is -2.15. The first-order valence-corrected chi connectivity index (χ1v) is 8.72. The van der Waals surface area contributed by atoms with Gasteiger partial charge in [-0.3, -0.25) is 14.6 Å². The van der Waals surface area contributed by atoms with Crippen molar-refractivity contribution in [3.8, 4) is 0 Å². The zero-order chi connectivity index (χ0) is 17.1. The minimum Gasteiger partial charge on any atom is -0.348 e. The number of rotatable bonds is 3. The second-order valence-electron chi connectivity index (χ2n) is 6.03. The summed E-state index contributed by atoms with van der Waals surface area (Å²) < 4.78 is 0.0394. The van der Waals surface area contributed by atoms with Crippen LogP contribution in [0.1, 0.15) is 47.7 Å². The molecule has 0 bridgehead atoms. The third-order valence-electron chi connectivity index (χ3n) is 4.44. The Morgan fingerprint density at radius 3 is 2.38 bits per heavy atom. The number of hydrogen-bond donors (Lipinski definition) is 3. The number of nitrogens with one attached hydrogen (secondary N) is 3. The van der Waals surface area contributed by atoms with Gasteiger partial charge in [-0.2, -0.15) is 0 Å². The molecule has 0 atom stereocenters. The van der Waals surface area contributed by atoms with Gasteiger partial charge in [-0.05, 0) is 53.1 Å². The lowest BCUT2D eigenvalue weighted by molar-refractivity contribution is 0.0919. The average Bonchev–Trinajstić information content (AvgIpc) is 2.59. The van der Waals surface area contributed by atoms with Crippen molar-refractivity contribution in [2.45, 2.75) is 37.6 Å². The van der Waals surface area contributed by atoms with Gasteiger partial charge in [0.05, 0.1) is 0 Å². The number of H-pyrrole nitrogens is 2. The standard InChI is InChI=1S/C17H18BrN3O3/c18-13-14(20-17(24)21-15(13)22)16(23)19-12-8-6-11(7-9-12)10-4-2-1-3-5-10/h1-5,11-12H,6-9H2,(H,19,23)(H2,20,21,22,24). The first-order chi connectivity index (χ1) is 11.5. The average molecular weight is 392 g/mol. The van der Waals surface area contributed by atoms with Gasteiger partial charge in [0.25, 0.3) is 11.5 Å². The number of benzene rings is 1. The van der Waals surface area contributed by atoms with Crippen LogP contribution in [0.2, 0.25) is 0 Å². The van der Waals surface area contributed by atoms with Crippen LogP contribution < -0.4 is 16.6 Å². The number of aromatic amines is 2. The van der Waals surface area contributed by atoms with E-state index in [0.29, 0.717) is 5.92 Å². The molecule has 1 aromatic heterocycles. The fraction of sp³-hybridized carbons (Fsp3) is 0.353. The lowest BCUT2D eigenvalue weighted by Gasteiger charge is -2.29. The number of hydrogen-bond acceptors (Lipinski definition) is 3. The SMILES string of the molecule is O=C(NC1CCC(c2ccccc2)CC1)c1[nH]c(=O)[nH]c(=O)c1Br. The minimum atomic E-state index is -0.693. The summed E-state index contributed by atoms with van der Waals surface area (Å²) in [4.78, 5) is 39.7. The van der Waals surface area contributed by atoms with Crippen molar-refractivity contribution in [2.24, 2.45) is 0 Å². The van der Waals surface area contributed by atoms with Crippen molar-refractivity contribution >= 4 is 21.8 Å². The second kappa shape index (κ2) is 7.17. The Morgan fingerprint density at radius 1 is 1.04 bits per heavy atom. The summed E-state index contributed by atoms with van der Waals surface area (Å²) in [6.07, 6.45) is 3.75. The Kier molecular flexibility index (Phi) is 4.99. The molecule has 0 unspecified atom stereocenters. The van der Waals surface area contributed by atoms with E-state index < -0.39 is 17.2 Å². The van der Waals surface area contributed by atoms with E-state index in [1.54, 1.807) is 0 Å². The van der Waals surface area contributed by atoms with Crippen LogP contribution >= 0.6 is 15.9 Å². The van der Waals surface area contributed by atoms with E-state index in [0.717, 1.165) is 25.7 Å². The molecule has 126 valence electrons. The topological polar surface area (TPSA) is 94.8 Å². The van der Waals surface area contributed by atoms with E-state index in [1.807, 2.05) is 18.2 Å². The lowest BCUT2D eigenvalue weighted by atomic mass is 9.82. The predicted octanol–water partition coefficient (Wildman–Crippen LogP) is 2.28. The van der Waals surface area contributed by atoms with Gasteiger partial charge in [-0.25, -0.2) is 4.79 Å². The van der Waals surface area contributed by atoms with Crippen LogP contribution in [-0.2, 0) is 0 Å². The van der Waals surface area contributed by atoms with Crippen molar-refractivity contribution in [2.75, 3.05) is 0 Å². The molecule has 7 heteroatoms. The monoisotopic (exact) mass is 391 g/mol. The molecular formula is C17H18BrN3O3. The largest absolute Gasteiger partial charge is 0.348 e. The molecule has 1 aliphatic carbocycles. The van der Waals surface area contributed by atoms with E-state index in [1.165, 1.54) is 5.56 Å². The number of halogens is 1. The van der Waals surface area contributed by atoms with Crippen LogP contribution in [0.4, 0.5) is 0 Å². The van der Waals surface area contributed by atoms with E-state index in [-0.39, 0.29) is 16.2 Å². The molecule has 1 saturated carbocycles. The molecule has 6 nitrogen and oxygen atoms in total. The number of aromatic nitrogens is 2. The first-order valence-electron chi connectivity index (χ1n) is 7.92. The summed E-state index contributed by atoms with van der Waals surface area (Å²) in [5.74, 6) is 0.0821. The van der Waals surface area contributed by atoms with E-state index >= 15 is 0 Å². The number of carbonyl (C=O) groups is 1. The van der Waals surface area contributed by atoms with Crippen LogP contribution in [0.3, 0.4) is 0 Å². The van der Waals surface area contributed by atoms with Gasteiger partial charge in [-0.15, -0.1) is 0 Å². The van der Waals surface area contributed by atoms with Crippen LogP contribution in [0.15, 0.2) is 44.4 Å².